The Morgan fingerprint density at radius 2 is 1.92 bits per heavy atom. The molecule has 0 unspecified atom stereocenters. The van der Waals surface area contributed by atoms with Crippen LogP contribution >= 0.6 is 11.6 Å². The summed E-state index contributed by atoms with van der Waals surface area (Å²) in [7, 11) is 0. The summed E-state index contributed by atoms with van der Waals surface area (Å²) in [5, 5.41) is 11.3. The van der Waals surface area contributed by atoms with Crippen molar-refractivity contribution in [3.63, 3.8) is 0 Å². The molecule has 1 amide bonds. The standard InChI is InChI=1S/C19H17ClN2O3/c1-2-13-17(18(24)19(21)25)16-14(7-4-8-15(16)23)22(13)10-11-5-3-6-12(20)9-11/h3-9,23H,2,10H2,1H3,(H2,21,25). The molecule has 0 aliphatic carbocycles. The number of halogens is 1. The quantitative estimate of drug-likeness (QED) is 0.543. The van der Waals surface area contributed by atoms with Gasteiger partial charge in [-0.25, -0.2) is 0 Å². The van der Waals surface area contributed by atoms with E-state index in [4.69, 9.17) is 17.3 Å². The van der Waals surface area contributed by atoms with Crippen LogP contribution < -0.4 is 5.73 Å². The van der Waals surface area contributed by atoms with Crippen molar-refractivity contribution in [1.29, 1.82) is 0 Å². The molecule has 0 fully saturated rings. The Morgan fingerprint density at radius 3 is 2.56 bits per heavy atom. The van der Waals surface area contributed by atoms with Crippen LogP contribution in [0.4, 0.5) is 0 Å². The van der Waals surface area contributed by atoms with E-state index in [2.05, 4.69) is 0 Å². The second-order valence-electron chi connectivity index (χ2n) is 5.76. The van der Waals surface area contributed by atoms with Crippen LogP contribution in [0.1, 0.15) is 28.5 Å². The van der Waals surface area contributed by atoms with Crippen LogP contribution in [0.5, 0.6) is 5.75 Å². The summed E-state index contributed by atoms with van der Waals surface area (Å²) in [6.07, 6.45) is 0.503. The molecule has 0 radical (unpaired) electrons. The minimum Gasteiger partial charge on any atom is -0.507 e. The highest BCUT2D eigenvalue weighted by atomic mass is 35.5. The first-order chi connectivity index (χ1) is 11.9. The number of rotatable bonds is 5. The number of ketones is 1. The highest BCUT2D eigenvalue weighted by Gasteiger charge is 2.26. The molecule has 0 atom stereocenters. The third-order valence-corrected chi connectivity index (χ3v) is 4.43. The Labute approximate surface area is 149 Å². The monoisotopic (exact) mass is 356 g/mol. The van der Waals surface area contributed by atoms with E-state index in [1.165, 1.54) is 6.07 Å². The molecule has 0 bridgehead atoms. The third-order valence-electron chi connectivity index (χ3n) is 4.19. The van der Waals surface area contributed by atoms with Gasteiger partial charge < -0.3 is 15.4 Å². The molecule has 128 valence electrons. The predicted molar refractivity (Wildman–Crippen MR) is 97.1 cm³/mol. The number of hydrogen-bond acceptors (Lipinski definition) is 3. The summed E-state index contributed by atoms with van der Waals surface area (Å²) in [5.74, 6) is -1.89. The first-order valence-corrected chi connectivity index (χ1v) is 8.23. The molecule has 25 heavy (non-hydrogen) atoms. The number of phenols is 1. The first kappa shape index (κ1) is 17.0. The molecule has 1 heterocycles. The van der Waals surface area contributed by atoms with Crippen molar-refractivity contribution in [3.05, 3.63) is 64.3 Å². The van der Waals surface area contributed by atoms with Gasteiger partial charge in [0.25, 0.3) is 11.7 Å². The minimum absolute atomic E-state index is 0.0540. The number of aromatic nitrogens is 1. The lowest BCUT2D eigenvalue weighted by molar-refractivity contribution is -0.114. The van der Waals surface area contributed by atoms with E-state index < -0.39 is 11.7 Å². The van der Waals surface area contributed by atoms with Gasteiger partial charge in [0.1, 0.15) is 5.75 Å². The SMILES string of the molecule is CCc1c(C(=O)C(N)=O)c2c(O)cccc2n1Cc1cccc(Cl)c1. The van der Waals surface area contributed by atoms with Gasteiger partial charge in [-0.3, -0.25) is 9.59 Å². The second kappa shape index (κ2) is 6.61. The molecule has 0 saturated carbocycles. The average Bonchev–Trinajstić information content (AvgIpc) is 2.89. The van der Waals surface area contributed by atoms with Gasteiger partial charge in [0.2, 0.25) is 0 Å². The van der Waals surface area contributed by atoms with Crippen LogP contribution in [0, 0.1) is 0 Å². The van der Waals surface area contributed by atoms with Crippen molar-refractivity contribution >= 4 is 34.2 Å². The molecule has 2 aromatic carbocycles. The summed E-state index contributed by atoms with van der Waals surface area (Å²) >= 11 is 6.06. The van der Waals surface area contributed by atoms with Crippen molar-refractivity contribution in [3.8, 4) is 5.75 Å². The van der Waals surface area contributed by atoms with Crippen LogP contribution in [0.15, 0.2) is 42.5 Å². The third kappa shape index (κ3) is 2.98. The molecular weight excluding hydrogens is 340 g/mol. The number of Topliss-reactive ketones (excluding diaryl/α,β-unsaturated/α-hetero) is 1. The van der Waals surface area contributed by atoms with E-state index >= 15 is 0 Å². The maximum absolute atomic E-state index is 12.4. The average molecular weight is 357 g/mol. The number of nitrogens with zero attached hydrogens (tertiary/aromatic N) is 1. The van der Waals surface area contributed by atoms with Crippen LogP contribution in [-0.4, -0.2) is 21.4 Å². The Kier molecular flexibility index (Phi) is 4.51. The van der Waals surface area contributed by atoms with Crippen molar-refractivity contribution in [2.45, 2.75) is 19.9 Å². The van der Waals surface area contributed by atoms with E-state index in [9.17, 15) is 14.7 Å². The highest BCUT2D eigenvalue weighted by Crippen LogP contribution is 2.34. The van der Waals surface area contributed by atoms with Gasteiger partial charge in [-0.2, -0.15) is 0 Å². The maximum Gasteiger partial charge on any atom is 0.289 e. The van der Waals surface area contributed by atoms with Gasteiger partial charge in [0.15, 0.2) is 0 Å². The topological polar surface area (TPSA) is 85.3 Å². The number of nitrogens with two attached hydrogens (primary N) is 1. The number of benzene rings is 2. The fourth-order valence-corrected chi connectivity index (χ4v) is 3.38. The van der Waals surface area contributed by atoms with Gasteiger partial charge in [0, 0.05) is 17.3 Å². The summed E-state index contributed by atoms with van der Waals surface area (Å²) in [6.45, 7) is 2.34. The Balaban J connectivity index is 2.29. The maximum atomic E-state index is 12.4. The van der Waals surface area contributed by atoms with Gasteiger partial charge >= 0.3 is 0 Å². The minimum atomic E-state index is -1.04. The number of amides is 1. The molecule has 0 spiro atoms. The number of primary amides is 1. The molecule has 1 aromatic heterocycles. The lowest BCUT2D eigenvalue weighted by Crippen LogP contribution is -2.24. The van der Waals surface area contributed by atoms with E-state index in [1.54, 1.807) is 18.2 Å². The van der Waals surface area contributed by atoms with E-state index in [1.807, 2.05) is 29.7 Å². The van der Waals surface area contributed by atoms with Crippen LogP contribution in [-0.2, 0) is 17.8 Å². The lowest BCUT2D eigenvalue weighted by atomic mass is 10.0. The number of fused-ring (bicyclic) bond motifs is 1. The summed E-state index contributed by atoms with van der Waals surface area (Å²) in [4.78, 5) is 23.9. The van der Waals surface area contributed by atoms with Crippen molar-refractivity contribution < 1.29 is 14.7 Å². The van der Waals surface area contributed by atoms with Crippen molar-refractivity contribution in [2.24, 2.45) is 5.73 Å². The number of carbonyl (C=O) groups is 2. The van der Waals surface area contributed by atoms with E-state index in [0.29, 0.717) is 34.6 Å². The molecule has 3 rings (SSSR count). The fourth-order valence-electron chi connectivity index (χ4n) is 3.17. The molecule has 6 heteroatoms. The lowest BCUT2D eigenvalue weighted by Gasteiger charge is -2.11. The molecule has 3 aromatic rings. The summed E-state index contributed by atoms with van der Waals surface area (Å²) < 4.78 is 1.91. The van der Waals surface area contributed by atoms with Gasteiger partial charge in [-0.1, -0.05) is 36.7 Å². The van der Waals surface area contributed by atoms with Crippen molar-refractivity contribution in [2.75, 3.05) is 0 Å². The Hall–Kier alpha value is -2.79. The Morgan fingerprint density at radius 1 is 1.20 bits per heavy atom. The predicted octanol–water partition coefficient (Wildman–Crippen LogP) is 3.28. The summed E-state index contributed by atoms with van der Waals surface area (Å²) in [5.41, 5.74) is 7.65. The number of phenolic OH excluding ortho intramolecular Hbond substituents is 1. The van der Waals surface area contributed by atoms with Gasteiger partial charge in [-0.15, -0.1) is 0 Å². The highest BCUT2D eigenvalue weighted by molar-refractivity contribution is 6.45. The van der Waals surface area contributed by atoms with Crippen molar-refractivity contribution in [1.82, 2.24) is 4.57 Å². The largest absolute Gasteiger partial charge is 0.507 e. The van der Waals surface area contributed by atoms with Crippen LogP contribution in [0.3, 0.4) is 0 Å². The van der Waals surface area contributed by atoms with Gasteiger partial charge in [-0.05, 0) is 36.2 Å². The van der Waals surface area contributed by atoms with Crippen LogP contribution in [0.2, 0.25) is 5.02 Å². The zero-order chi connectivity index (χ0) is 18.1. The zero-order valence-electron chi connectivity index (χ0n) is 13.6. The number of hydrogen-bond donors (Lipinski definition) is 2. The fraction of sp³-hybridized carbons (Fsp3) is 0.158. The molecule has 3 N–H and O–H groups in total. The second-order valence-corrected chi connectivity index (χ2v) is 6.19. The number of aromatic hydroxyl groups is 1. The Bertz CT molecular complexity index is 992. The summed E-state index contributed by atoms with van der Waals surface area (Å²) in [6, 6.07) is 12.4. The van der Waals surface area contributed by atoms with Gasteiger partial charge in [0.05, 0.1) is 16.5 Å². The smallest absolute Gasteiger partial charge is 0.289 e. The zero-order valence-corrected chi connectivity index (χ0v) is 14.4. The molecule has 5 nitrogen and oxygen atoms in total. The van der Waals surface area contributed by atoms with E-state index in [0.717, 1.165) is 5.56 Å². The molecular formula is C19H17ClN2O3. The van der Waals surface area contributed by atoms with Crippen LogP contribution in [0.25, 0.3) is 10.9 Å². The molecule has 0 aliphatic rings. The first-order valence-electron chi connectivity index (χ1n) is 7.85. The van der Waals surface area contributed by atoms with E-state index in [-0.39, 0.29) is 11.3 Å². The number of carbonyl (C=O) groups excluding carboxylic acids is 2. The normalized spacial score (nSPS) is 11.0. The molecule has 0 aliphatic heterocycles. The molecule has 0 saturated heterocycles.